The van der Waals surface area contributed by atoms with Crippen LogP contribution >= 0.6 is 0 Å². The molecule has 2 rings (SSSR count). The van der Waals surface area contributed by atoms with E-state index in [1.807, 2.05) is 20.8 Å². The summed E-state index contributed by atoms with van der Waals surface area (Å²) in [7, 11) is 0. The molecule has 0 radical (unpaired) electrons. The van der Waals surface area contributed by atoms with Crippen molar-refractivity contribution in [2.75, 3.05) is 0 Å². The Balaban J connectivity index is 2.28. The molecule has 1 aromatic carbocycles. The summed E-state index contributed by atoms with van der Waals surface area (Å²) in [5.41, 5.74) is 0.893. The number of rotatable bonds is 3. The third kappa shape index (κ3) is 3.61. The molecule has 0 amide bonds. The third-order valence-corrected chi connectivity index (χ3v) is 2.55. The summed E-state index contributed by atoms with van der Waals surface area (Å²) >= 11 is 0. The summed E-state index contributed by atoms with van der Waals surface area (Å²) < 4.78 is 31.7. The second-order valence-electron chi connectivity index (χ2n) is 5.39. The fraction of sp³-hybridized carbons (Fsp3) is 0.357. The number of hydrogen-bond acceptors (Lipinski definition) is 3. The third-order valence-electron chi connectivity index (χ3n) is 2.55. The van der Waals surface area contributed by atoms with Gasteiger partial charge in [-0.25, -0.2) is 13.8 Å². The Kier molecular flexibility index (Phi) is 3.66. The molecule has 0 saturated carbocycles. The number of nitrogens with zero attached hydrogens (tertiary/aromatic N) is 1. The first-order valence-corrected chi connectivity index (χ1v) is 5.99. The average Bonchev–Trinajstić information content (AvgIpc) is 2.72. The quantitative estimate of drug-likeness (QED) is 0.923. The maximum atomic E-state index is 13.2. The van der Waals surface area contributed by atoms with Crippen molar-refractivity contribution in [2.24, 2.45) is 0 Å². The summed E-state index contributed by atoms with van der Waals surface area (Å²) in [5, 5.41) is 3.25. The number of nitrogens with one attached hydrogen (secondary N) is 1. The summed E-state index contributed by atoms with van der Waals surface area (Å²) in [6, 6.07) is 3.28. The van der Waals surface area contributed by atoms with E-state index < -0.39 is 11.6 Å². The summed E-state index contributed by atoms with van der Waals surface area (Å²) in [6.45, 7) is 6.53. The Morgan fingerprint density at radius 3 is 2.37 bits per heavy atom. The first-order chi connectivity index (χ1) is 8.85. The number of hydrogen-bond donors (Lipinski definition) is 1. The van der Waals surface area contributed by atoms with E-state index >= 15 is 0 Å². The summed E-state index contributed by atoms with van der Waals surface area (Å²) in [6.07, 6.45) is 1.28. The van der Waals surface area contributed by atoms with Crippen LogP contribution in [0.15, 0.2) is 29.0 Å². The van der Waals surface area contributed by atoms with Gasteiger partial charge < -0.3 is 9.73 Å². The predicted octanol–water partition coefficient (Wildman–Crippen LogP) is 3.51. The van der Waals surface area contributed by atoms with Crippen LogP contribution in [-0.2, 0) is 6.54 Å². The van der Waals surface area contributed by atoms with E-state index in [0.29, 0.717) is 23.6 Å². The normalized spacial score (nSPS) is 11.8. The SMILES string of the molecule is CC(C)(C)NCc1ncoc1-c1cc(F)cc(F)c1. The zero-order chi connectivity index (χ0) is 14.0. The van der Waals surface area contributed by atoms with Gasteiger partial charge in [-0.3, -0.25) is 0 Å². The van der Waals surface area contributed by atoms with Crippen LogP contribution in [0.25, 0.3) is 11.3 Å². The van der Waals surface area contributed by atoms with Crippen LogP contribution < -0.4 is 5.32 Å². The smallest absolute Gasteiger partial charge is 0.181 e. The maximum Gasteiger partial charge on any atom is 0.181 e. The largest absolute Gasteiger partial charge is 0.443 e. The second kappa shape index (κ2) is 5.09. The molecule has 102 valence electrons. The minimum atomic E-state index is -0.638. The zero-order valence-electron chi connectivity index (χ0n) is 11.1. The fourth-order valence-corrected chi connectivity index (χ4v) is 1.66. The van der Waals surface area contributed by atoms with Gasteiger partial charge in [0, 0.05) is 23.7 Å². The van der Waals surface area contributed by atoms with Crippen molar-refractivity contribution in [3.05, 3.63) is 41.9 Å². The lowest BCUT2D eigenvalue weighted by Crippen LogP contribution is -2.35. The van der Waals surface area contributed by atoms with Crippen molar-refractivity contribution < 1.29 is 13.2 Å². The molecule has 0 bridgehead atoms. The van der Waals surface area contributed by atoms with E-state index in [9.17, 15) is 8.78 Å². The van der Waals surface area contributed by atoms with Gasteiger partial charge >= 0.3 is 0 Å². The molecule has 0 aliphatic carbocycles. The lowest BCUT2D eigenvalue weighted by Gasteiger charge is -2.19. The highest BCUT2D eigenvalue weighted by Gasteiger charge is 2.15. The highest BCUT2D eigenvalue weighted by molar-refractivity contribution is 5.59. The van der Waals surface area contributed by atoms with Gasteiger partial charge in [-0.1, -0.05) is 0 Å². The molecule has 0 aliphatic heterocycles. The minimum absolute atomic E-state index is 0.0800. The zero-order valence-corrected chi connectivity index (χ0v) is 11.1. The molecule has 1 N–H and O–H groups in total. The fourth-order valence-electron chi connectivity index (χ4n) is 1.66. The molecule has 2 aromatic rings. The van der Waals surface area contributed by atoms with Gasteiger partial charge in [-0.2, -0.15) is 0 Å². The van der Waals surface area contributed by atoms with Crippen molar-refractivity contribution in [2.45, 2.75) is 32.9 Å². The lowest BCUT2D eigenvalue weighted by molar-refractivity contribution is 0.421. The summed E-state index contributed by atoms with van der Waals surface area (Å²) in [4.78, 5) is 4.08. The molecule has 0 fully saturated rings. The average molecular weight is 266 g/mol. The molecule has 0 atom stereocenters. The Hall–Kier alpha value is -1.75. The molecule has 1 heterocycles. The first-order valence-electron chi connectivity index (χ1n) is 5.99. The molecule has 5 heteroatoms. The standard InChI is InChI=1S/C14H16F2N2O/c1-14(2,3)18-7-12-13(19-8-17-12)9-4-10(15)6-11(16)5-9/h4-6,8,18H,7H2,1-3H3. The Bertz CT molecular complexity index is 553. The highest BCUT2D eigenvalue weighted by Crippen LogP contribution is 2.25. The monoisotopic (exact) mass is 266 g/mol. The molecule has 0 unspecified atom stereocenters. The van der Waals surface area contributed by atoms with Gasteiger partial charge in [0.05, 0.1) is 0 Å². The first kappa shape index (κ1) is 13.7. The van der Waals surface area contributed by atoms with Crippen LogP contribution in [0.3, 0.4) is 0 Å². The van der Waals surface area contributed by atoms with E-state index in [2.05, 4.69) is 10.3 Å². The van der Waals surface area contributed by atoms with Crippen molar-refractivity contribution in [3.8, 4) is 11.3 Å². The number of benzene rings is 1. The van der Waals surface area contributed by atoms with Crippen molar-refractivity contribution >= 4 is 0 Å². The van der Waals surface area contributed by atoms with Gasteiger partial charge in [-0.05, 0) is 32.9 Å². The lowest BCUT2D eigenvalue weighted by atomic mass is 10.1. The van der Waals surface area contributed by atoms with Gasteiger partial charge in [0.25, 0.3) is 0 Å². The van der Waals surface area contributed by atoms with Gasteiger partial charge in [0.1, 0.15) is 17.3 Å². The number of halogens is 2. The Morgan fingerprint density at radius 2 is 1.79 bits per heavy atom. The number of aromatic nitrogens is 1. The van der Waals surface area contributed by atoms with Crippen LogP contribution in [0.4, 0.5) is 8.78 Å². The maximum absolute atomic E-state index is 13.2. The molecule has 0 saturated heterocycles. The van der Waals surface area contributed by atoms with E-state index in [4.69, 9.17) is 4.42 Å². The topological polar surface area (TPSA) is 38.1 Å². The molecular weight excluding hydrogens is 250 g/mol. The summed E-state index contributed by atoms with van der Waals surface area (Å²) in [5.74, 6) is -0.891. The van der Waals surface area contributed by atoms with E-state index in [1.165, 1.54) is 18.5 Å². The van der Waals surface area contributed by atoms with E-state index in [-0.39, 0.29) is 5.54 Å². The van der Waals surface area contributed by atoms with Crippen LogP contribution in [0.1, 0.15) is 26.5 Å². The second-order valence-corrected chi connectivity index (χ2v) is 5.39. The van der Waals surface area contributed by atoms with Crippen molar-refractivity contribution in [3.63, 3.8) is 0 Å². The van der Waals surface area contributed by atoms with Crippen LogP contribution in [0.2, 0.25) is 0 Å². The molecule has 1 aromatic heterocycles. The van der Waals surface area contributed by atoms with Crippen molar-refractivity contribution in [1.29, 1.82) is 0 Å². The molecule has 0 spiro atoms. The predicted molar refractivity (Wildman–Crippen MR) is 68.4 cm³/mol. The van der Waals surface area contributed by atoms with Gasteiger partial charge in [-0.15, -0.1) is 0 Å². The number of oxazole rings is 1. The van der Waals surface area contributed by atoms with E-state index in [1.54, 1.807) is 0 Å². The molecular formula is C14H16F2N2O. The molecule has 3 nitrogen and oxygen atoms in total. The van der Waals surface area contributed by atoms with Gasteiger partial charge in [0.2, 0.25) is 0 Å². The van der Waals surface area contributed by atoms with Crippen LogP contribution in [-0.4, -0.2) is 10.5 Å². The van der Waals surface area contributed by atoms with Crippen LogP contribution in [0, 0.1) is 11.6 Å². The molecule has 19 heavy (non-hydrogen) atoms. The Morgan fingerprint density at radius 1 is 1.16 bits per heavy atom. The minimum Gasteiger partial charge on any atom is -0.443 e. The van der Waals surface area contributed by atoms with Gasteiger partial charge in [0.15, 0.2) is 12.2 Å². The molecule has 0 aliphatic rings. The van der Waals surface area contributed by atoms with E-state index in [0.717, 1.165) is 6.07 Å². The van der Waals surface area contributed by atoms with Crippen molar-refractivity contribution in [1.82, 2.24) is 10.3 Å². The highest BCUT2D eigenvalue weighted by atomic mass is 19.1. The van der Waals surface area contributed by atoms with Crippen LogP contribution in [0.5, 0.6) is 0 Å². The Labute approximate surface area is 110 Å².